The number of halogens is 4. The van der Waals surface area contributed by atoms with Crippen molar-refractivity contribution in [1.29, 1.82) is 0 Å². The highest BCUT2D eigenvalue weighted by molar-refractivity contribution is 5.29. The van der Waals surface area contributed by atoms with Gasteiger partial charge in [0.2, 0.25) is 0 Å². The van der Waals surface area contributed by atoms with Gasteiger partial charge in [0, 0.05) is 0 Å². The average molecular weight is 304 g/mol. The van der Waals surface area contributed by atoms with Gasteiger partial charge in [0.1, 0.15) is 5.82 Å². The van der Waals surface area contributed by atoms with Crippen LogP contribution in [-0.2, 0) is 6.18 Å². The van der Waals surface area contributed by atoms with E-state index in [1.165, 1.54) is 6.07 Å². The minimum Gasteiger partial charge on any atom is -0.388 e. The van der Waals surface area contributed by atoms with E-state index in [1.54, 1.807) is 0 Å². The molecule has 118 valence electrons. The molecule has 5 heteroatoms. The molecule has 21 heavy (non-hydrogen) atoms. The van der Waals surface area contributed by atoms with Gasteiger partial charge in [0.15, 0.2) is 0 Å². The standard InChI is InChI=1S/C16H20F4O/c1-2-10-3-5-11(6-4-10)15(21)12-7-8-14(17)13(9-12)16(18,19)20/h7-11,15,21H,2-6H2,1H3. The highest BCUT2D eigenvalue weighted by Gasteiger charge is 2.35. The maximum absolute atomic E-state index is 13.3. The van der Waals surface area contributed by atoms with Crippen LogP contribution in [0.2, 0.25) is 0 Å². The van der Waals surface area contributed by atoms with Gasteiger partial charge < -0.3 is 5.11 Å². The number of aliphatic hydroxyl groups is 1. The fraction of sp³-hybridized carbons (Fsp3) is 0.625. The van der Waals surface area contributed by atoms with E-state index in [0.717, 1.165) is 44.2 Å². The van der Waals surface area contributed by atoms with Gasteiger partial charge in [-0.1, -0.05) is 32.3 Å². The molecule has 0 aliphatic heterocycles. The summed E-state index contributed by atoms with van der Waals surface area (Å²) in [5.41, 5.74) is -1.15. The van der Waals surface area contributed by atoms with Crippen LogP contribution in [0.4, 0.5) is 17.6 Å². The maximum atomic E-state index is 13.3. The Morgan fingerprint density at radius 3 is 2.33 bits per heavy atom. The Morgan fingerprint density at radius 2 is 1.81 bits per heavy atom. The Hall–Kier alpha value is -1.10. The van der Waals surface area contributed by atoms with Crippen LogP contribution in [0.5, 0.6) is 0 Å². The first-order valence-corrected chi connectivity index (χ1v) is 7.37. The molecule has 1 atom stereocenters. The maximum Gasteiger partial charge on any atom is 0.419 e. The normalized spacial score (nSPS) is 24.9. The molecule has 0 amide bonds. The van der Waals surface area contributed by atoms with Crippen molar-refractivity contribution in [3.63, 3.8) is 0 Å². The Balaban J connectivity index is 2.15. The third kappa shape index (κ3) is 3.76. The van der Waals surface area contributed by atoms with E-state index < -0.39 is 23.7 Å². The van der Waals surface area contributed by atoms with E-state index in [9.17, 15) is 22.7 Å². The first-order valence-electron chi connectivity index (χ1n) is 7.37. The van der Waals surface area contributed by atoms with Gasteiger partial charge in [-0.25, -0.2) is 4.39 Å². The Labute approximate surface area is 122 Å². The van der Waals surface area contributed by atoms with E-state index in [4.69, 9.17) is 0 Å². The summed E-state index contributed by atoms with van der Waals surface area (Å²) in [5.74, 6) is -0.695. The second kappa shape index (κ2) is 6.34. The number of rotatable bonds is 3. The molecule has 0 bridgehead atoms. The fourth-order valence-electron chi connectivity index (χ4n) is 3.13. The van der Waals surface area contributed by atoms with Gasteiger partial charge in [-0.05, 0) is 42.4 Å². The monoisotopic (exact) mass is 304 g/mol. The minimum absolute atomic E-state index is 0.0423. The lowest BCUT2D eigenvalue weighted by molar-refractivity contribution is -0.140. The summed E-state index contributed by atoms with van der Waals surface area (Å²) in [6, 6.07) is 2.78. The van der Waals surface area contributed by atoms with Crippen LogP contribution in [-0.4, -0.2) is 5.11 Å². The lowest BCUT2D eigenvalue weighted by Crippen LogP contribution is -2.21. The van der Waals surface area contributed by atoms with Crippen molar-refractivity contribution >= 4 is 0 Å². The zero-order chi connectivity index (χ0) is 15.6. The summed E-state index contributed by atoms with van der Waals surface area (Å²) in [6.45, 7) is 2.12. The first kappa shape index (κ1) is 16.3. The molecule has 1 unspecified atom stereocenters. The van der Waals surface area contributed by atoms with Crippen molar-refractivity contribution in [2.75, 3.05) is 0 Å². The number of aliphatic hydroxyl groups excluding tert-OH is 1. The molecule has 0 aromatic heterocycles. The Morgan fingerprint density at radius 1 is 1.19 bits per heavy atom. The van der Waals surface area contributed by atoms with Crippen molar-refractivity contribution < 1.29 is 22.7 Å². The second-order valence-corrected chi connectivity index (χ2v) is 5.87. The van der Waals surface area contributed by atoms with E-state index in [1.807, 2.05) is 0 Å². The summed E-state index contributed by atoms with van der Waals surface area (Å²) in [4.78, 5) is 0. The lowest BCUT2D eigenvalue weighted by Gasteiger charge is -2.31. The van der Waals surface area contributed by atoms with Crippen molar-refractivity contribution in [1.82, 2.24) is 0 Å². The van der Waals surface area contributed by atoms with Gasteiger partial charge >= 0.3 is 6.18 Å². The average Bonchev–Trinajstić information content (AvgIpc) is 2.46. The predicted octanol–water partition coefficient (Wildman–Crippen LogP) is 5.09. The molecular weight excluding hydrogens is 284 g/mol. The number of hydrogen-bond acceptors (Lipinski definition) is 1. The molecule has 0 saturated heterocycles. The second-order valence-electron chi connectivity index (χ2n) is 5.87. The summed E-state index contributed by atoms with van der Waals surface area (Å²) in [6.07, 6.45) is -1.00. The number of hydrogen-bond donors (Lipinski definition) is 1. The highest BCUT2D eigenvalue weighted by atomic mass is 19.4. The van der Waals surface area contributed by atoms with Crippen molar-refractivity contribution in [2.24, 2.45) is 11.8 Å². The zero-order valence-corrected chi connectivity index (χ0v) is 12.0. The van der Waals surface area contributed by atoms with Crippen molar-refractivity contribution in [2.45, 2.75) is 51.3 Å². The van der Waals surface area contributed by atoms with Gasteiger partial charge in [-0.2, -0.15) is 13.2 Å². The van der Waals surface area contributed by atoms with Gasteiger partial charge in [-0.15, -0.1) is 0 Å². The van der Waals surface area contributed by atoms with Gasteiger partial charge in [0.25, 0.3) is 0 Å². The van der Waals surface area contributed by atoms with Crippen molar-refractivity contribution in [3.05, 3.63) is 35.1 Å². The number of benzene rings is 1. The molecule has 1 aromatic rings. The topological polar surface area (TPSA) is 20.2 Å². The Kier molecular flexibility index (Phi) is 4.91. The predicted molar refractivity (Wildman–Crippen MR) is 72.1 cm³/mol. The highest BCUT2D eigenvalue weighted by Crippen LogP contribution is 2.39. The van der Waals surface area contributed by atoms with Gasteiger partial charge in [0.05, 0.1) is 11.7 Å². The molecule has 1 aliphatic rings. The van der Waals surface area contributed by atoms with E-state index in [-0.39, 0.29) is 11.5 Å². The van der Waals surface area contributed by atoms with Crippen LogP contribution in [0.1, 0.15) is 56.3 Å². The third-order valence-corrected chi connectivity index (χ3v) is 4.55. The Bertz CT molecular complexity index is 476. The van der Waals surface area contributed by atoms with Crippen LogP contribution in [0.3, 0.4) is 0 Å². The third-order valence-electron chi connectivity index (χ3n) is 4.55. The molecule has 2 rings (SSSR count). The summed E-state index contributed by atoms with van der Waals surface area (Å²) in [5, 5.41) is 10.3. The number of alkyl halides is 3. The quantitative estimate of drug-likeness (QED) is 0.771. The largest absolute Gasteiger partial charge is 0.419 e. The fourth-order valence-corrected chi connectivity index (χ4v) is 3.13. The van der Waals surface area contributed by atoms with E-state index in [0.29, 0.717) is 5.92 Å². The molecule has 1 aromatic carbocycles. The summed E-state index contributed by atoms with van der Waals surface area (Å²) >= 11 is 0. The summed E-state index contributed by atoms with van der Waals surface area (Å²) in [7, 11) is 0. The molecule has 1 aliphatic carbocycles. The zero-order valence-electron chi connectivity index (χ0n) is 12.0. The molecule has 1 nitrogen and oxygen atoms in total. The van der Waals surface area contributed by atoms with Gasteiger partial charge in [-0.3, -0.25) is 0 Å². The lowest BCUT2D eigenvalue weighted by atomic mass is 9.77. The van der Waals surface area contributed by atoms with Crippen LogP contribution in [0.15, 0.2) is 18.2 Å². The van der Waals surface area contributed by atoms with E-state index in [2.05, 4.69) is 6.92 Å². The molecule has 1 fully saturated rings. The SMILES string of the molecule is CCC1CCC(C(O)c2ccc(F)c(C(F)(F)F)c2)CC1. The van der Waals surface area contributed by atoms with Crippen LogP contribution in [0, 0.1) is 17.7 Å². The summed E-state index contributed by atoms with van der Waals surface area (Å²) < 4.78 is 51.4. The molecule has 1 saturated carbocycles. The molecule has 0 spiro atoms. The van der Waals surface area contributed by atoms with Crippen molar-refractivity contribution in [3.8, 4) is 0 Å². The molecule has 0 heterocycles. The molecule has 1 N–H and O–H groups in total. The van der Waals surface area contributed by atoms with Crippen LogP contribution >= 0.6 is 0 Å². The van der Waals surface area contributed by atoms with E-state index >= 15 is 0 Å². The minimum atomic E-state index is -4.74. The molecule has 0 radical (unpaired) electrons. The smallest absolute Gasteiger partial charge is 0.388 e. The van der Waals surface area contributed by atoms with Crippen LogP contribution in [0.25, 0.3) is 0 Å². The molecular formula is C16H20F4O. The first-order chi connectivity index (χ1) is 9.82. The van der Waals surface area contributed by atoms with Crippen LogP contribution < -0.4 is 0 Å².